The predicted octanol–water partition coefficient (Wildman–Crippen LogP) is 1.20. The molecule has 1 atom stereocenters. The van der Waals surface area contributed by atoms with Gasteiger partial charge in [-0.05, 0) is 24.6 Å². The minimum absolute atomic E-state index is 0.0961. The first-order valence-electron chi connectivity index (χ1n) is 4.23. The molecule has 0 saturated heterocycles. The quantitative estimate of drug-likeness (QED) is 0.695. The molecule has 0 aromatic heterocycles. The van der Waals surface area contributed by atoms with Crippen molar-refractivity contribution in [2.45, 2.75) is 13.0 Å². The second-order valence-corrected chi connectivity index (χ2v) is 3.06. The Hall–Kier alpha value is -1.55. The summed E-state index contributed by atoms with van der Waals surface area (Å²) in [4.78, 5) is 11.2. The van der Waals surface area contributed by atoms with E-state index in [-0.39, 0.29) is 17.4 Å². The smallest absolute Gasteiger partial charge is 0.341 e. The normalized spacial score (nSPS) is 12.2. The van der Waals surface area contributed by atoms with Gasteiger partial charge in [-0.3, -0.25) is 0 Å². The van der Waals surface area contributed by atoms with Crippen LogP contribution in [0.15, 0.2) is 18.2 Å². The van der Waals surface area contributed by atoms with Crippen LogP contribution in [-0.4, -0.2) is 18.2 Å². The summed E-state index contributed by atoms with van der Waals surface area (Å²) in [7, 11) is 1.26. The van der Waals surface area contributed by atoms with Gasteiger partial charge in [-0.2, -0.15) is 0 Å². The third-order valence-electron chi connectivity index (χ3n) is 1.95. The van der Waals surface area contributed by atoms with Crippen molar-refractivity contribution in [2.24, 2.45) is 5.73 Å². The van der Waals surface area contributed by atoms with Crippen molar-refractivity contribution >= 4 is 5.97 Å². The number of phenols is 1. The summed E-state index contributed by atoms with van der Waals surface area (Å²) in [6.07, 6.45) is 0. The molecule has 0 aliphatic heterocycles. The molecule has 0 aliphatic carbocycles. The molecule has 3 N–H and O–H groups in total. The van der Waals surface area contributed by atoms with Crippen LogP contribution in [0.1, 0.15) is 28.9 Å². The van der Waals surface area contributed by atoms with Crippen LogP contribution in [0.3, 0.4) is 0 Å². The molecular formula is C10H13NO3. The molecule has 0 amide bonds. The standard InChI is InChI=1S/C10H13NO3/c1-6(11)7-3-4-9(12)8(5-7)10(13)14-2/h3-6,12H,11H2,1-2H3/t6-/m0/s1. The van der Waals surface area contributed by atoms with Gasteiger partial charge in [-0.15, -0.1) is 0 Å². The number of aromatic hydroxyl groups is 1. The molecule has 4 heteroatoms. The first-order chi connectivity index (χ1) is 6.56. The Morgan fingerprint density at radius 3 is 2.71 bits per heavy atom. The van der Waals surface area contributed by atoms with Crippen molar-refractivity contribution in [3.63, 3.8) is 0 Å². The van der Waals surface area contributed by atoms with E-state index in [1.807, 2.05) is 0 Å². The fourth-order valence-electron chi connectivity index (χ4n) is 1.11. The van der Waals surface area contributed by atoms with Crippen molar-refractivity contribution < 1.29 is 14.6 Å². The highest BCUT2D eigenvalue weighted by Crippen LogP contribution is 2.21. The molecule has 0 saturated carbocycles. The molecule has 0 unspecified atom stereocenters. The lowest BCUT2D eigenvalue weighted by Gasteiger charge is -2.08. The van der Waals surface area contributed by atoms with Gasteiger partial charge in [0.15, 0.2) is 0 Å². The summed E-state index contributed by atoms with van der Waals surface area (Å²) in [5.74, 6) is -0.661. The van der Waals surface area contributed by atoms with Crippen molar-refractivity contribution in [1.29, 1.82) is 0 Å². The third kappa shape index (κ3) is 2.03. The SMILES string of the molecule is COC(=O)c1cc([C@H](C)N)ccc1O. The summed E-state index contributed by atoms with van der Waals surface area (Å²) in [5.41, 5.74) is 6.56. The van der Waals surface area contributed by atoms with E-state index in [4.69, 9.17) is 5.73 Å². The van der Waals surface area contributed by atoms with Gasteiger partial charge < -0.3 is 15.6 Å². The zero-order chi connectivity index (χ0) is 10.7. The van der Waals surface area contributed by atoms with E-state index in [0.29, 0.717) is 0 Å². The van der Waals surface area contributed by atoms with E-state index >= 15 is 0 Å². The zero-order valence-electron chi connectivity index (χ0n) is 8.15. The Bertz CT molecular complexity index is 347. The van der Waals surface area contributed by atoms with E-state index < -0.39 is 5.97 Å². The number of methoxy groups -OCH3 is 1. The average molecular weight is 195 g/mol. The van der Waals surface area contributed by atoms with E-state index in [1.165, 1.54) is 19.2 Å². The Morgan fingerprint density at radius 2 is 2.21 bits per heavy atom. The van der Waals surface area contributed by atoms with Crippen molar-refractivity contribution in [3.8, 4) is 5.75 Å². The predicted molar refractivity (Wildman–Crippen MR) is 52.0 cm³/mol. The van der Waals surface area contributed by atoms with Crippen LogP contribution in [0.25, 0.3) is 0 Å². The van der Waals surface area contributed by atoms with Gasteiger partial charge in [0.05, 0.1) is 7.11 Å². The number of benzene rings is 1. The number of carbonyl (C=O) groups excluding carboxylic acids is 1. The molecule has 0 spiro atoms. The maximum atomic E-state index is 11.2. The van der Waals surface area contributed by atoms with E-state index in [2.05, 4.69) is 4.74 Å². The molecule has 0 bridgehead atoms. The number of esters is 1. The molecule has 4 nitrogen and oxygen atoms in total. The molecule has 14 heavy (non-hydrogen) atoms. The fourth-order valence-corrected chi connectivity index (χ4v) is 1.11. The fraction of sp³-hybridized carbons (Fsp3) is 0.300. The second kappa shape index (κ2) is 4.11. The monoisotopic (exact) mass is 195 g/mol. The summed E-state index contributed by atoms with van der Waals surface area (Å²) in [5, 5.41) is 9.38. The first kappa shape index (κ1) is 10.5. The lowest BCUT2D eigenvalue weighted by Crippen LogP contribution is -2.08. The van der Waals surface area contributed by atoms with Crippen LogP contribution < -0.4 is 5.73 Å². The number of hydrogen-bond acceptors (Lipinski definition) is 4. The van der Waals surface area contributed by atoms with Gasteiger partial charge in [-0.25, -0.2) is 4.79 Å². The molecule has 0 fully saturated rings. The van der Waals surface area contributed by atoms with Crippen LogP contribution in [0.5, 0.6) is 5.75 Å². The van der Waals surface area contributed by atoms with Crippen molar-refractivity contribution in [2.75, 3.05) is 7.11 Å². The molecule has 0 radical (unpaired) electrons. The minimum Gasteiger partial charge on any atom is -0.507 e. The molecular weight excluding hydrogens is 182 g/mol. The van der Waals surface area contributed by atoms with Crippen LogP contribution in [0.4, 0.5) is 0 Å². The lowest BCUT2D eigenvalue weighted by atomic mass is 10.1. The average Bonchev–Trinajstić information content (AvgIpc) is 2.17. The van der Waals surface area contributed by atoms with E-state index in [1.54, 1.807) is 13.0 Å². The zero-order valence-corrected chi connectivity index (χ0v) is 8.15. The summed E-state index contributed by atoms with van der Waals surface area (Å²) < 4.78 is 4.51. The highest BCUT2D eigenvalue weighted by Gasteiger charge is 2.12. The Labute approximate surface area is 82.3 Å². The molecule has 76 valence electrons. The third-order valence-corrected chi connectivity index (χ3v) is 1.95. The van der Waals surface area contributed by atoms with Gasteiger partial charge in [-0.1, -0.05) is 6.07 Å². The number of rotatable bonds is 2. The Balaban J connectivity index is 3.15. The summed E-state index contributed by atoms with van der Waals surface area (Å²) in [6, 6.07) is 4.46. The molecule has 0 aliphatic rings. The Morgan fingerprint density at radius 1 is 1.57 bits per heavy atom. The van der Waals surface area contributed by atoms with E-state index in [0.717, 1.165) is 5.56 Å². The van der Waals surface area contributed by atoms with Gasteiger partial charge >= 0.3 is 5.97 Å². The van der Waals surface area contributed by atoms with Crippen molar-refractivity contribution in [3.05, 3.63) is 29.3 Å². The van der Waals surface area contributed by atoms with Crippen LogP contribution in [0, 0.1) is 0 Å². The maximum absolute atomic E-state index is 11.2. The van der Waals surface area contributed by atoms with Crippen LogP contribution in [0.2, 0.25) is 0 Å². The minimum atomic E-state index is -0.565. The van der Waals surface area contributed by atoms with Crippen molar-refractivity contribution in [1.82, 2.24) is 0 Å². The van der Waals surface area contributed by atoms with Gasteiger partial charge in [0, 0.05) is 6.04 Å². The van der Waals surface area contributed by atoms with Gasteiger partial charge in [0.2, 0.25) is 0 Å². The van der Waals surface area contributed by atoms with Gasteiger partial charge in [0.1, 0.15) is 11.3 Å². The summed E-state index contributed by atoms with van der Waals surface area (Å²) in [6.45, 7) is 1.80. The largest absolute Gasteiger partial charge is 0.507 e. The first-order valence-corrected chi connectivity index (χ1v) is 4.23. The van der Waals surface area contributed by atoms with Crippen LogP contribution in [-0.2, 0) is 4.74 Å². The number of phenolic OH excluding ortho intramolecular Hbond substituents is 1. The van der Waals surface area contributed by atoms with Gasteiger partial charge in [0.25, 0.3) is 0 Å². The topological polar surface area (TPSA) is 72.5 Å². The number of hydrogen-bond donors (Lipinski definition) is 2. The highest BCUT2D eigenvalue weighted by molar-refractivity contribution is 5.92. The number of ether oxygens (including phenoxy) is 1. The molecule has 1 aromatic carbocycles. The number of carbonyl (C=O) groups is 1. The second-order valence-electron chi connectivity index (χ2n) is 3.06. The van der Waals surface area contributed by atoms with E-state index in [9.17, 15) is 9.90 Å². The number of nitrogens with two attached hydrogens (primary N) is 1. The lowest BCUT2D eigenvalue weighted by molar-refractivity contribution is 0.0597. The molecule has 1 rings (SSSR count). The molecule has 1 aromatic rings. The summed E-state index contributed by atoms with van der Waals surface area (Å²) >= 11 is 0. The van der Waals surface area contributed by atoms with Crippen LogP contribution >= 0.6 is 0 Å². The highest BCUT2D eigenvalue weighted by atomic mass is 16.5. The molecule has 0 heterocycles. The maximum Gasteiger partial charge on any atom is 0.341 e. The Kier molecular flexibility index (Phi) is 3.09.